The fourth-order valence-corrected chi connectivity index (χ4v) is 1.29. The topological polar surface area (TPSA) is 73.1 Å². The fourth-order valence-electron chi connectivity index (χ4n) is 1.29. The van der Waals surface area contributed by atoms with Crippen LogP contribution in [0.2, 0.25) is 0 Å². The van der Waals surface area contributed by atoms with Gasteiger partial charge >= 0.3 is 0 Å². The molecule has 1 N–H and O–H groups in total. The van der Waals surface area contributed by atoms with Gasteiger partial charge in [0, 0.05) is 6.04 Å². The molecule has 0 radical (unpaired) electrons. The largest absolute Gasteiger partial charge is 0.434 e. The van der Waals surface area contributed by atoms with E-state index >= 15 is 0 Å². The summed E-state index contributed by atoms with van der Waals surface area (Å²) in [6, 6.07) is 0.280. The molecule has 2 aromatic rings. The van der Waals surface area contributed by atoms with E-state index in [0.717, 1.165) is 0 Å². The van der Waals surface area contributed by atoms with Crippen LogP contribution in [0.3, 0.4) is 0 Å². The Labute approximate surface area is 98.9 Å². The monoisotopic (exact) mass is 234 g/mol. The van der Waals surface area contributed by atoms with Crippen molar-refractivity contribution < 1.29 is 9.84 Å². The molecule has 0 aliphatic rings. The maximum absolute atomic E-state index is 8.93. The molecule has 0 atom stereocenters. The molecule has 0 aliphatic heterocycles. The molecule has 0 bridgehead atoms. The van der Waals surface area contributed by atoms with Gasteiger partial charge in [0.25, 0.3) is 0 Å². The van der Waals surface area contributed by atoms with Gasteiger partial charge in [0.1, 0.15) is 0 Å². The smallest absolute Gasteiger partial charge is 0.238 e. The lowest BCUT2D eigenvalue weighted by molar-refractivity contribution is 0.274. The predicted octanol–water partition coefficient (Wildman–Crippen LogP) is 1.54. The molecule has 2 rings (SSSR count). The average molecular weight is 234 g/mol. The molecular weight excluding hydrogens is 220 g/mol. The van der Waals surface area contributed by atoms with Crippen LogP contribution in [0, 0.1) is 0 Å². The summed E-state index contributed by atoms with van der Waals surface area (Å²) in [7, 11) is 0. The standard InChI is InChI=1S/C11H14N4O2/c1-8(2)15-6-10(4-13-15)17-11-5-12-3-9(7-16)14-11/h3-6,8,16H,7H2,1-2H3. The van der Waals surface area contributed by atoms with Crippen molar-refractivity contribution in [1.82, 2.24) is 19.7 Å². The van der Waals surface area contributed by atoms with E-state index in [4.69, 9.17) is 9.84 Å². The first kappa shape index (κ1) is 11.5. The van der Waals surface area contributed by atoms with E-state index in [2.05, 4.69) is 15.1 Å². The van der Waals surface area contributed by atoms with Crippen molar-refractivity contribution in [3.05, 3.63) is 30.5 Å². The van der Waals surface area contributed by atoms with Crippen molar-refractivity contribution in [2.75, 3.05) is 0 Å². The van der Waals surface area contributed by atoms with E-state index < -0.39 is 0 Å². The molecule has 0 unspecified atom stereocenters. The molecule has 90 valence electrons. The lowest BCUT2D eigenvalue weighted by atomic mass is 10.4. The lowest BCUT2D eigenvalue weighted by Crippen LogP contribution is -1.99. The van der Waals surface area contributed by atoms with E-state index in [1.54, 1.807) is 17.1 Å². The Bertz CT molecular complexity index is 496. The van der Waals surface area contributed by atoms with Gasteiger partial charge in [-0.15, -0.1) is 0 Å². The van der Waals surface area contributed by atoms with E-state index in [1.165, 1.54) is 12.4 Å². The van der Waals surface area contributed by atoms with Crippen LogP contribution >= 0.6 is 0 Å². The second-order valence-electron chi connectivity index (χ2n) is 3.86. The van der Waals surface area contributed by atoms with Crippen molar-refractivity contribution in [3.8, 4) is 11.6 Å². The first-order chi connectivity index (χ1) is 8.19. The Balaban J connectivity index is 2.13. The maximum Gasteiger partial charge on any atom is 0.238 e. The number of rotatable bonds is 4. The SMILES string of the molecule is CC(C)n1cc(Oc2cncc(CO)n2)cn1. The number of nitrogens with zero attached hydrogens (tertiary/aromatic N) is 4. The van der Waals surface area contributed by atoms with Crippen molar-refractivity contribution >= 4 is 0 Å². The van der Waals surface area contributed by atoms with Crippen molar-refractivity contribution in [2.24, 2.45) is 0 Å². The average Bonchev–Trinajstić information content (AvgIpc) is 2.78. The third kappa shape index (κ3) is 2.79. The first-order valence-electron chi connectivity index (χ1n) is 5.33. The molecule has 0 aromatic carbocycles. The van der Waals surface area contributed by atoms with Crippen LogP contribution in [0.1, 0.15) is 25.6 Å². The molecule has 17 heavy (non-hydrogen) atoms. The first-order valence-corrected chi connectivity index (χ1v) is 5.33. The Morgan fingerprint density at radius 1 is 1.35 bits per heavy atom. The molecule has 0 saturated heterocycles. The molecule has 6 nitrogen and oxygen atoms in total. The van der Waals surface area contributed by atoms with Crippen LogP contribution in [0.15, 0.2) is 24.8 Å². The van der Waals surface area contributed by atoms with Gasteiger partial charge in [-0.3, -0.25) is 9.67 Å². The molecule has 0 saturated carbocycles. The van der Waals surface area contributed by atoms with E-state index in [1.807, 2.05) is 13.8 Å². The van der Waals surface area contributed by atoms with Crippen molar-refractivity contribution in [2.45, 2.75) is 26.5 Å². The van der Waals surface area contributed by atoms with Gasteiger partial charge in [0.05, 0.1) is 37.1 Å². The third-order valence-corrected chi connectivity index (χ3v) is 2.15. The minimum Gasteiger partial charge on any atom is -0.434 e. The van der Waals surface area contributed by atoms with Gasteiger partial charge in [0.2, 0.25) is 5.88 Å². The molecule has 6 heteroatoms. The van der Waals surface area contributed by atoms with Gasteiger partial charge in [-0.25, -0.2) is 4.98 Å². The minimum absolute atomic E-state index is 0.157. The second kappa shape index (κ2) is 4.92. The second-order valence-corrected chi connectivity index (χ2v) is 3.86. The number of aliphatic hydroxyl groups excluding tert-OH is 1. The van der Waals surface area contributed by atoms with Crippen LogP contribution in [0.25, 0.3) is 0 Å². The Kier molecular flexibility index (Phi) is 3.34. The molecule has 2 aromatic heterocycles. The molecular formula is C11H14N4O2. The van der Waals surface area contributed by atoms with Crippen LogP contribution < -0.4 is 4.74 Å². The highest BCUT2D eigenvalue weighted by atomic mass is 16.5. The fraction of sp³-hybridized carbons (Fsp3) is 0.364. The minimum atomic E-state index is -0.157. The molecule has 0 aliphatic carbocycles. The van der Waals surface area contributed by atoms with E-state index in [0.29, 0.717) is 17.3 Å². The van der Waals surface area contributed by atoms with E-state index in [9.17, 15) is 0 Å². The quantitative estimate of drug-likeness (QED) is 0.868. The number of ether oxygens (including phenoxy) is 1. The van der Waals surface area contributed by atoms with Crippen molar-refractivity contribution in [1.29, 1.82) is 0 Å². The normalized spacial score (nSPS) is 10.8. The highest BCUT2D eigenvalue weighted by molar-refractivity contribution is 5.20. The predicted molar refractivity (Wildman–Crippen MR) is 60.6 cm³/mol. The summed E-state index contributed by atoms with van der Waals surface area (Å²) >= 11 is 0. The van der Waals surface area contributed by atoms with Crippen LogP contribution in [-0.4, -0.2) is 24.9 Å². The molecule has 0 amide bonds. The molecule has 2 heterocycles. The lowest BCUT2D eigenvalue weighted by Gasteiger charge is -2.04. The molecule has 0 spiro atoms. The summed E-state index contributed by atoms with van der Waals surface area (Å²) < 4.78 is 7.27. The van der Waals surface area contributed by atoms with Gasteiger partial charge in [-0.2, -0.15) is 5.10 Å². The summed E-state index contributed by atoms with van der Waals surface area (Å²) in [6.07, 6.45) is 6.39. The van der Waals surface area contributed by atoms with Gasteiger partial charge in [-0.05, 0) is 13.8 Å². The summed E-state index contributed by atoms with van der Waals surface area (Å²) in [5.74, 6) is 0.947. The summed E-state index contributed by atoms with van der Waals surface area (Å²) in [4.78, 5) is 7.99. The van der Waals surface area contributed by atoms with E-state index in [-0.39, 0.29) is 12.6 Å². The Morgan fingerprint density at radius 3 is 2.82 bits per heavy atom. The number of aromatic nitrogens is 4. The van der Waals surface area contributed by atoms with Gasteiger partial charge in [-0.1, -0.05) is 0 Å². The van der Waals surface area contributed by atoms with Crippen LogP contribution in [0.4, 0.5) is 0 Å². The highest BCUT2D eigenvalue weighted by Gasteiger charge is 2.05. The number of hydrogen-bond donors (Lipinski definition) is 1. The van der Waals surface area contributed by atoms with Crippen LogP contribution in [0.5, 0.6) is 11.6 Å². The number of hydrogen-bond acceptors (Lipinski definition) is 5. The zero-order chi connectivity index (χ0) is 12.3. The summed E-state index contributed by atoms with van der Waals surface area (Å²) in [5.41, 5.74) is 0.471. The molecule has 0 fully saturated rings. The summed E-state index contributed by atoms with van der Waals surface area (Å²) in [5, 5.41) is 13.1. The zero-order valence-electron chi connectivity index (χ0n) is 9.74. The summed E-state index contributed by atoms with van der Waals surface area (Å²) in [6.45, 7) is 3.90. The van der Waals surface area contributed by atoms with Crippen LogP contribution in [-0.2, 0) is 6.61 Å². The third-order valence-electron chi connectivity index (χ3n) is 2.15. The Hall–Kier alpha value is -1.95. The van der Waals surface area contributed by atoms with Gasteiger partial charge in [0.15, 0.2) is 5.75 Å². The zero-order valence-corrected chi connectivity index (χ0v) is 9.74. The van der Waals surface area contributed by atoms with Crippen molar-refractivity contribution in [3.63, 3.8) is 0 Å². The highest BCUT2D eigenvalue weighted by Crippen LogP contribution is 2.19. The van der Waals surface area contributed by atoms with Gasteiger partial charge < -0.3 is 9.84 Å². The maximum atomic E-state index is 8.93. The number of aliphatic hydroxyl groups is 1. The Morgan fingerprint density at radius 2 is 2.18 bits per heavy atom.